The summed E-state index contributed by atoms with van der Waals surface area (Å²) in [7, 11) is 0. The minimum Gasteiger partial charge on any atom is -0.368 e. The molecule has 1 aliphatic rings. The summed E-state index contributed by atoms with van der Waals surface area (Å²) >= 11 is 0. The van der Waals surface area contributed by atoms with Crippen molar-refractivity contribution < 1.29 is 9.18 Å². The first-order chi connectivity index (χ1) is 14.1. The molecule has 0 radical (unpaired) electrons. The second-order valence-electron chi connectivity index (χ2n) is 7.51. The number of nitrogens with zero attached hydrogens (tertiary/aromatic N) is 3. The Balaban J connectivity index is 1.37. The lowest BCUT2D eigenvalue weighted by atomic mass is 10.1. The zero-order chi connectivity index (χ0) is 20.0. The maximum atomic E-state index is 13.1. The quantitative estimate of drug-likeness (QED) is 0.562. The number of aryl methyl sites for hydroxylation is 1. The maximum Gasteiger partial charge on any atom is 0.272 e. The summed E-state index contributed by atoms with van der Waals surface area (Å²) in [4.78, 5) is 25.1. The molecule has 1 aliphatic heterocycles. The zero-order valence-electron chi connectivity index (χ0n) is 16.2. The molecule has 0 unspecified atom stereocenters. The number of pyridine rings is 1. The number of amides is 1. The fourth-order valence-corrected chi connectivity index (χ4v) is 3.97. The minimum absolute atomic E-state index is 0.0410. The van der Waals surface area contributed by atoms with Crippen molar-refractivity contribution >= 4 is 33.4 Å². The molecule has 1 amide bonds. The Morgan fingerprint density at radius 3 is 2.41 bits per heavy atom. The first-order valence-electron chi connectivity index (χ1n) is 9.77. The Labute approximate surface area is 167 Å². The molecule has 6 heteroatoms. The SMILES string of the molecule is Cc1ccc2ccc3cc(C(=O)N4CCN(c5ccc(F)cc5)CC4)nc3c2[nH]1. The van der Waals surface area contributed by atoms with Crippen molar-refractivity contribution in [3.05, 3.63) is 71.8 Å². The van der Waals surface area contributed by atoms with Gasteiger partial charge in [-0.2, -0.15) is 0 Å². The molecule has 2 aromatic heterocycles. The van der Waals surface area contributed by atoms with Gasteiger partial charge in [-0.15, -0.1) is 0 Å². The van der Waals surface area contributed by atoms with Crippen molar-refractivity contribution in [1.29, 1.82) is 0 Å². The summed E-state index contributed by atoms with van der Waals surface area (Å²) in [6.45, 7) is 4.67. The standard InChI is InChI=1S/C23H21FN4O/c1-15-2-3-16-4-5-17-14-20(26-22(17)21(16)25-15)23(29)28-12-10-27(11-13-28)19-8-6-18(24)7-9-19/h2-9,14,25H,10-13H2,1H3. The van der Waals surface area contributed by atoms with Gasteiger partial charge in [-0.1, -0.05) is 18.2 Å². The van der Waals surface area contributed by atoms with Crippen LogP contribution >= 0.6 is 0 Å². The van der Waals surface area contributed by atoms with Crippen molar-refractivity contribution in [1.82, 2.24) is 14.9 Å². The van der Waals surface area contributed by atoms with E-state index in [1.807, 2.05) is 36.1 Å². The highest BCUT2D eigenvalue weighted by Gasteiger charge is 2.24. The van der Waals surface area contributed by atoms with E-state index in [1.165, 1.54) is 12.1 Å². The molecule has 2 aromatic carbocycles. The largest absolute Gasteiger partial charge is 0.368 e. The van der Waals surface area contributed by atoms with E-state index in [0.717, 1.165) is 33.2 Å². The van der Waals surface area contributed by atoms with Crippen molar-refractivity contribution in [2.75, 3.05) is 31.1 Å². The molecular formula is C23H21FN4O. The van der Waals surface area contributed by atoms with Gasteiger partial charge in [-0.25, -0.2) is 9.37 Å². The summed E-state index contributed by atoms with van der Waals surface area (Å²) < 4.78 is 13.1. The van der Waals surface area contributed by atoms with Crippen LogP contribution in [-0.2, 0) is 0 Å². The van der Waals surface area contributed by atoms with Crippen LogP contribution in [0, 0.1) is 12.7 Å². The topological polar surface area (TPSA) is 52.2 Å². The summed E-state index contributed by atoms with van der Waals surface area (Å²) in [6.07, 6.45) is 0. The van der Waals surface area contributed by atoms with Gasteiger partial charge in [0.05, 0.1) is 11.0 Å². The second-order valence-corrected chi connectivity index (χ2v) is 7.51. The third-order valence-corrected chi connectivity index (χ3v) is 5.58. The molecule has 1 fully saturated rings. The van der Waals surface area contributed by atoms with E-state index >= 15 is 0 Å². The van der Waals surface area contributed by atoms with Crippen LogP contribution in [0.15, 0.2) is 54.6 Å². The summed E-state index contributed by atoms with van der Waals surface area (Å²) in [5, 5.41) is 2.04. The molecule has 1 N–H and O–H groups in total. The molecule has 3 heterocycles. The number of piperazine rings is 1. The van der Waals surface area contributed by atoms with Gasteiger partial charge in [-0.05, 0) is 43.3 Å². The normalized spacial score (nSPS) is 14.7. The van der Waals surface area contributed by atoms with E-state index in [4.69, 9.17) is 0 Å². The Kier molecular flexibility index (Phi) is 4.19. The third-order valence-electron chi connectivity index (χ3n) is 5.58. The minimum atomic E-state index is -0.239. The maximum absolute atomic E-state index is 13.1. The molecular weight excluding hydrogens is 367 g/mol. The van der Waals surface area contributed by atoms with Gasteiger partial charge in [0, 0.05) is 48.3 Å². The monoisotopic (exact) mass is 388 g/mol. The number of hydrogen-bond donors (Lipinski definition) is 1. The second kappa shape index (κ2) is 6.88. The molecule has 0 atom stereocenters. The van der Waals surface area contributed by atoms with Crippen molar-refractivity contribution in [3.63, 3.8) is 0 Å². The molecule has 0 saturated carbocycles. The molecule has 0 bridgehead atoms. The number of H-pyrrole nitrogens is 1. The fourth-order valence-electron chi connectivity index (χ4n) is 3.97. The van der Waals surface area contributed by atoms with Crippen LogP contribution in [0.4, 0.5) is 10.1 Å². The van der Waals surface area contributed by atoms with Gasteiger partial charge in [0.1, 0.15) is 11.5 Å². The van der Waals surface area contributed by atoms with Gasteiger partial charge < -0.3 is 14.8 Å². The summed E-state index contributed by atoms with van der Waals surface area (Å²) in [5.41, 5.74) is 4.31. The van der Waals surface area contributed by atoms with E-state index in [2.05, 4.69) is 20.9 Å². The molecule has 5 rings (SSSR count). The Hall–Kier alpha value is -3.41. The molecule has 146 valence electrons. The highest BCUT2D eigenvalue weighted by molar-refractivity contribution is 6.07. The zero-order valence-corrected chi connectivity index (χ0v) is 16.2. The van der Waals surface area contributed by atoms with Crippen LogP contribution < -0.4 is 4.90 Å². The molecule has 29 heavy (non-hydrogen) atoms. The van der Waals surface area contributed by atoms with Crippen LogP contribution in [0.3, 0.4) is 0 Å². The van der Waals surface area contributed by atoms with Crippen LogP contribution in [0.5, 0.6) is 0 Å². The first kappa shape index (κ1) is 17.7. The Morgan fingerprint density at radius 2 is 1.66 bits per heavy atom. The highest BCUT2D eigenvalue weighted by Crippen LogP contribution is 2.25. The molecule has 1 saturated heterocycles. The fraction of sp³-hybridized carbons (Fsp3) is 0.217. The molecule has 4 aromatic rings. The van der Waals surface area contributed by atoms with Crippen molar-refractivity contribution in [2.24, 2.45) is 0 Å². The van der Waals surface area contributed by atoms with Crippen molar-refractivity contribution in [2.45, 2.75) is 6.92 Å². The summed E-state index contributed by atoms with van der Waals surface area (Å²) in [6, 6.07) is 16.5. The predicted octanol–water partition coefficient (Wildman–Crippen LogP) is 4.13. The smallest absolute Gasteiger partial charge is 0.272 e. The molecule has 5 nitrogen and oxygen atoms in total. The number of nitrogens with one attached hydrogen (secondary N) is 1. The van der Waals surface area contributed by atoms with Gasteiger partial charge in [0.15, 0.2) is 0 Å². The number of hydrogen-bond acceptors (Lipinski definition) is 3. The number of carbonyl (C=O) groups excluding carboxylic acids is 1. The van der Waals surface area contributed by atoms with Gasteiger partial charge in [0.25, 0.3) is 5.91 Å². The van der Waals surface area contributed by atoms with Crippen molar-refractivity contribution in [3.8, 4) is 0 Å². The number of halogens is 1. The lowest BCUT2D eigenvalue weighted by Gasteiger charge is -2.35. The number of aromatic amines is 1. The Bertz CT molecular complexity index is 1210. The van der Waals surface area contributed by atoms with E-state index < -0.39 is 0 Å². The number of aromatic nitrogens is 2. The molecule has 0 aliphatic carbocycles. The number of fused-ring (bicyclic) bond motifs is 3. The number of anilines is 1. The predicted molar refractivity (Wildman–Crippen MR) is 113 cm³/mol. The number of rotatable bonds is 2. The van der Waals surface area contributed by atoms with Gasteiger partial charge in [-0.3, -0.25) is 4.79 Å². The average molecular weight is 388 g/mol. The van der Waals surface area contributed by atoms with E-state index in [1.54, 1.807) is 12.1 Å². The van der Waals surface area contributed by atoms with Crippen LogP contribution in [0.25, 0.3) is 21.8 Å². The van der Waals surface area contributed by atoms with Crippen LogP contribution in [0.1, 0.15) is 16.2 Å². The van der Waals surface area contributed by atoms with Gasteiger partial charge >= 0.3 is 0 Å². The average Bonchev–Trinajstić information content (AvgIpc) is 3.19. The number of benzene rings is 2. The Morgan fingerprint density at radius 1 is 0.966 bits per heavy atom. The number of carbonyl (C=O) groups is 1. The lowest BCUT2D eigenvalue weighted by Crippen LogP contribution is -2.48. The van der Waals surface area contributed by atoms with Crippen LogP contribution in [0.2, 0.25) is 0 Å². The summed E-state index contributed by atoms with van der Waals surface area (Å²) in [5.74, 6) is -0.280. The lowest BCUT2D eigenvalue weighted by molar-refractivity contribution is 0.0742. The highest BCUT2D eigenvalue weighted by atomic mass is 19.1. The van der Waals surface area contributed by atoms with E-state index in [-0.39, 0.29) is 11.7 Å². The first-order valence-corrected chi connectivity index (χ1v) is 9.77. The van der Waals surface area contributed by atoms with Gasteiger partial charge in [0.2, 0.25) is 0 Å². The third kappa shape index (κ3) is 3.20. The van der Waals surface area contributed by atoms with Crippen LogP contribution in [-0.4, -0.2) is 47.0 Å². The molecule has 0 spiro atoms. The van der Waals surface area contributed by atoms with E-state index in [9.17, 15) is 9.18 Å². The van der Waals surface area contributed by atoms with E-state index in [0.29, 0.717) is 31.9 Å².